The lowest BCUT2D eigenvalue weighted by atomic mass is 9.99. The molecule has 1 aliphatic rings. The van der Waals surface area contributed by atoms with E-state index in [1.807, 2.05) is 12.1 Å². The average molecular weight is 339 g/mol. The van der Waals surface area contributed by atoms with E-state index in [1.54, 1.807) is 7.11 Å². The lowest BCUT2D eigenvalue weighted by Gasteiger charge is -2.29. The normalized spacial score (nSPS) is 18.1. The summed E-state index contributed by atoms with van der Waals surface area (Å²) in [6, 6.07) is 16.7. The third kappa shape index (κ3) is 4.99. The number of rotatable bonds is 7. The summed E-state index contributed by atoms with van der Waals surface area (Å²) in [6.45, 7) is 3.17. The van der Waals surface area contributed by atoms with Crippen LogP contribution >= 0.6 is 0 Å². The predicted molar refractivity (Wildman–Crippen MR) is 103 cm³/mol. The van der Waals surface area contributed by atoms with Gasteiger partial charge in [0.1, 0.15) is 11.5 Å². The van der Waals surface area contributed by atoms with Gasteiger partial charge in [0, 0.05) is 12.5 Å². The number of para-hydroxylation sites is 2. The quantitative estimate of drug-likeness (QED) is 0.754. The molecule has 0 saturated carbocycles. The van der Waals surface area contributed by atoms with Crippen molar-refractivity contribution in [1.29, 1.82) is 0 Å². The van der Waals surface area contributed by atoms with Crippen molar-refractivity contribution in [3.63, 3.8) is 0 Å². The van der Waals surface area contributed by atoms with Crippen molar-refractivity contribution < 1.29 is 9.47 Å². The fourth-order valence-corrected chi connectivity index (χ4v) is 3.65. The van der Waals surface area contributed by atoms with Crippen LogP contribution < -0.4 is 9.47 Å². The van der Waals surface area contributed by atoms with Crippen LogP contribution in [0.15, 0.2) is 48.5 Å². The maximum absolute atomic E-state index is 6.21. The second-order valence-corrected chi connectivity index (χ2v) is 7.00. The molecule has 0 aromatic heterocycles. The largest absolute Gasteiger partial charge is 0.496 e. The van der Waals surface area contributed by atoms with Gasteiger partial charge in [0.05, 0.1) is 13.7 Å². The van der Waals surface area contributed by atoms with Crippen LogP contribution in [0.2, 0.25) is 0 Å². The maximum atomic E-state index is 6.21. The first-order valence-corrected chi connectivity index (χ1v) is 9.27. The van der Waals surface area contributed by atoms with E-state index in [-0.39, 0.29) is 0 Å². The molecule has 0 spiro atoms. The highest BCUT2D eigenvalue weighted by atomic mass is 16.5. The molecule has 1 saturated heterocycles. The van der Waals surface area contributed by atoms with Gasteiger partial charge in [-0.25, -0.2) is 0 Å². The third-order valence-electron chi connectivity index (χ3n) is 5.03. The molecular weight excluding hydrogens is 310 g/mol. The molecule has 3 rings (SSSR count). The molecule has 1 fully saturated rings. The van der Waals surface area contributed by atoms with Gasteiger partial charge in [0.25, 0.3) is 0 Å². The van der Waals surface area contributed by atoms with Gasteiger partial charge < -0.3 is 14.4 Å². The van der Waals surface area contributed by atoms with Crippen LogP contribution in [0.25, 0.3) is 0 Å². The number of ether oxygens (including phenoxy) is 2. The number of nitrogens with zero attached hydrogens (tertiary/aromatic N) is 1. The van der Waals surface area contributed by atoms with Gasteiger partial charge in [0.15, 0.2) is 0 Å². The second kappa shape index (κ2) is 8.91. The molecule has 3 heteroatoms. The summed E-state index contributed by atoms with van der Waals surface area (Å²) < 4.78 is 11.7. The Morgan fingerprint density at radius 1 is 0.960 bits per heavy atom. The van der Waals surface area contributed by atoms with E-state index in [0.29, 0.717) is 5.92 Å². The Labute approximate surface area is 151 Å². The Balaban J connectivity index is 1.60. The van der Waals surface area contributed by atoms with Gasteiger partial charge >= 0.3 is 0 Å². The molecule has 1 heterocycles. The van der Waals surface area contributed by atoms with Crippen molar-refractivity contribution in [2.45, 2.75) is 25.7 Å². The molecule has 25 heavy (non-hydrogen) atoms. The number of hydrogen-bond acceptors (Lipinski definition) is 3. The molecule has 0 amide bonds. The van der Waals surface area contributed by atoms with E-state index in [9.17, 15) is 0 Å². The maximum Gasteiger partial charge on any atom is 0.122 e. The molecule has 2 aromatic rings. The summed E-state index contributed by atoms with van der Waals surface area (Å²) in [5.41, 5.74) is 2.52. The van der Waals surface area contributed by atoms with Gasteiger partial charge in [-0.2, -0.15) is 0 Å². The lowest BCUT2D eigenvalue weighted by Crippen LogP contribution is -2.34. The third-order valence-corrected chi connectivity index (χ3v) is 5.03. The summed E-state index contributed by atoms with van der Waals surface area (Å²) in [7, 11) is 3.93. The average Bonchev–Trinajstić information content (AvgIpc) is 2.65. The number of aryl methyl sites for hydroxylation is 2. The Kier molecular flexibility index (Phi) is 6.35. The first-order valence-electron chi connectivity index (χ1n) is 9.27. The van der Waals surface area contributed by atoms with Crippen LogP contribution in [0.1, 0.15) is 24.0 Å². The smallest absolute Gasteiger partial charge is 0.122 e. The highest BCUT2D eigenvalue weighted by Crippen LogP contribution is 2.25. The molecule has 0 N–H and O–H groups in total. The first-order chi connectivity index (χ1) is 12.3. The van der Waals surface area contributed by atoms with Crippen molar-refractivity contribution in [3.8, 4) is 11.5 Å². The standard InChI is InChI=1S/C22H29NO2/c1-23-15-7-8-18(16-23)17-25-22-12-6-4-10-20(22)14-13-19-9-3-5-11-21(19)24-2/h3-6,9-12,18H,7-8,13-17H2,1-2H3. The molecule has 2 aromatic carbocycles. The second-order valence-electron chi connectivity index (χ2n) is 7.00. The molecular formula is C22H29NO2. The van der Waals surface area contributed by atoms with E-state index in [1.165, 1.54) is 30.5 Å². The molecule has 3 nitrogen and oxygen atoms in total. The first kappa shape index (κ1) is 17.8. The van der Waals surface area contributed by atoms with Crippen molar-refractivity contribution in [1.82, 2.24) is 4.90 Å². The van der Waals surface area contributed by atoms with Crippen molar-refractivity contribution in [2.75, 3.05) is 33.9 Å². The summed E-state index contributed by atoms with van der Waals surface area (Å²) >= 11 is 0. The number of benzene rings is 2. The van der Waals surface area contributed by atoms with Crippen LogP contribution in [-0.2, 0) is 12.8 Å². The van der Waals surface area contributed by atoms with E-state index >= 15 is 0 Å². The van der Waals surface area contributed by atoms with Crippen LogP contribution in [0.5, 0.6) is 11.5 Å². The van der Waals surface area contributed by atoms with Crippen molar-refractivity contribution in [2.24, 2.45) is 5.92 Å². The van der Waals surface area contributed by atoms with Gasteiger partial charge in [-0.05, 0) is 62.5 Å². The molecule has 1 atom stereocenters. The summed E-state index contributed by atoms with van der Waals surface area (Å²) in [4.78, 5) is 2.41. The fraction of sp³-hybridized carbons (Fsp3) is 0.455. The van der Waals surface area contributed by atoms with Crippen LogP contribution in [0.4, 0.5) is 0 Å². The van der Waals surface area contributed by atoms with E-state index in [0.717, 1.165) is 37.5 Å². The zero-order valence-corrected chi connectivity index (χ0v) is 15.4. The summed E-state index contributed by atoms with van der Waals surface area (Å²) in [6.07, 6.45) is 4.46. The number of piperidine rings is 1. The summed E-state index contributed by atoms with van der Waals surface area (Å²) in [5.74, 6) is 2.64. The van der Waals surface area contributed by atoms with Gasteiger partial charge in [-0.3, -0.25) is 0 Å². The molecule has 0 radical (unpaired) electrons. The van der Waals surface area contributed by atoms with E-state index in [4.69, 9.17) is 9.47 Å². The predicted octanol–water partition coefficient (Wildman–Crippen LogP) is 4.20. The minimum Gasteiger partial charge on any atom is -0.496 e. The Hall–Kier alpha value is -2.00. The molecule has 1 aliphatic heterocycles. The number of methoxy groups -OCH3 is 1. The summed E-state index contributed by atoms with van der Waals surface area (Å²) in [5, 5.41) is 0. The zero-order chi connectivity index (χ0) is 17.5. The van der Waals surface area contributed by atoms with Gasteiger partial charge in [-0.1, -0.05) is 36.4 Å². The Morgan fingerprint density at radius 2 is 1.60 bits per heavy atom. The minimum absolute atomic E-state index is 0.640. The minimum atomic E-state index is 0.640. The zero-order valence-electron chi connectivity index (χ0n) is 15.4. The van der Waals surface area contributed by atoms with E-state index in [2.05, 4.69) is 48.3 Å². The number of hydrogen-bond donors (Lipinski definition) is 0. The molecule has 134 valence electrons. The van der Waals surface area contributed by atoms with Crippen LogP contribution in [0, 0.1) is 5.92 Å². The van der Waals surface area contributed by atoms with E-state index < -0.39 is 0 Å². The highest BCUT2D eigenvalue weighted by Gasteiger charge is 2.18. The van der Waals surface area contributed by atoms with Crippen LogP contribution in [-0.4, -0.2) is 38.8 Å². The number of likely N-dealkylation sites (tertiary alicyclic amines) is 1. The fourth-order valence-electron chi connectivity index (χ4n) is 3.65. The topological polar surface area (TPSA) is 21.7 Å². The molecule has 1 unspecified atom stereocenters. The Morgan fingerprint density at radius 3 is 2.28 bits per heavy atom. The molecule has 0 aliphatic carbocycles. The Bertz CT molecular complexity index is 671. The van der Waals surface area contributed by atoms with Crippen LogP contribution in [0.3, 0.4) is 0 Å². The lowest BCUT2D eigenvalue weighted by molar-refractivity contribution is 0.150. The highest BCUT2D eigenvalue weighted by molar-refractivity contribution is 5.37. The SMILES string of the molecule is COc1ccccc1CCc1ccccc1OCC1CCCN(C)C1. The van der Waals surface area contributed by atoms with Gasteiger partial charge in [-0.15, -0.1) is 0 Å². The van der Waals surface area contributed by atoms with Crippen molar-refractivity contribution in [3.05, 3.63) is 59.7 Å². The van der Waals surface area contributed by atoms with Gasteiger partial charge in [0.2, 0.25) is 0 Å². The molecule has 0 bridgehead atoms. The monoisotopic (exact) mass is 339 g/mol. The van der Waals surface area contributed by atoms with Crippen molar-refractivity contribution >= 4 is 0 Å².